The van der Waals surface area contributed by atoms with Crippen molar-refractivity contribution in [2.24, 2.45) is 5.73 Å². The maximum atomic E-state index is 12.2. The summed E-state index contributed by atoms with van der Waals surface area (Å²) < 4.78 is 5.59. The first kappa shape index (κ1) is 14.9. The van der Waals surface area contributed by atoms with Crippen molar-refractivity contribution < 1.29 is 9.53 Å². The number of ether oxygens (including phenoxy) is 1. The van der Waals surface area contributed by atoms with E-state index in [1.165, 1.54) is 0 Å². The van der Waals surface area contributed by atoms with Crippen LogP contribution in [0.5, 0.6) is 5.75 Å². The van der Waals surface area contributed by atoms with Gasteiger partial charge in [0.2, 0.25) is 5.91 Å². The van der Waals surface area contributed by atoms with Crippen LogP contribution < -0.4 is 10.5 Å². The molecule has 1 unspecified atom stereocenters. The van der Waals surface area contributed by atoms with Crippen LogP contribution in [0.4, 0.5) is 0 Å². The summed E-state index contributed by atoms with van der Waals surface area (Å²) in [5, 5.41) is 0. The minimum Gasteiger partial charge on any atom is -0.494 e. The third kappa shape index (κ3) is 3.97. The van der Waals surface area contributed by atoms with E-state index in [0.717, 1.165) is 37.1 Å². The van der Waals surface area contributed by atoms with E-state index >= 15 is 0 Å². The molecule has 0 aromatic heterocycles. The highest BCUT2D eigenvalue weighted by Gasteiger charge is 2.21. The van der Waals surface area contributed by atoms with Gasteiger partial charge in [-0.3, -0.25) is 4.79 Å². The summed E-state index contributed by atoms with van der Waals surface area (Å²) in [4.78, 5) is 14.1. The van der Waals surface area contributed by atoms with Crippen molar-refractivity contribution in [3.63, 3.8) is 0 Å². The number of piperidine rings is 1. The van der Waals surface area contributed by atoms with E-state index < -0.39 is 0 Å². The van der Waals surface area contributed by atoms with Crippen LogP contribution in [-0.4, -0.2) is 36.5 Å². The molecular formula is C16H24N2O2. The van der Waals surface area contributed by atoms with Crippen molar-refractivity contribution in [2.45, 2.75) is 38.6 Å². The van der Waals surface area contributed by atoms with Crippen molar-refractivity contribution >= 4 is 5.91 Å². The molecule has 110 valence electrons. The number of carbonyl (C=O) groups excluding carboxylic acids is 1. The van der Waals surface area contributed by atoms with E-state index in [1.807, 2.05) is 36.1 Å². The first-order chi connectivity index (χ1) is 9.70. The van der Waals surface area contributed by atoms with Gasteiger partial charge in [-0.2, -0.15) is 0 Å². The standard InChI is InChI=1S/C16H24N2O2/c1-2-20-15-8-4-3-6-13(15)9-10-16(19)18-11-5-7-14(17)12-18/h3-4,6,8,14H,2,5,7,9-12,17H2,1H3. The third-order valence-electron chi connectivity index (χ3n) is 3.69. The van der Waals surface area contributed by atoms with Crippen LogP contribution in [0.3, 0.4) is 0 Å². The molecule has 0 aliphatic carbocycles. The Bertz CT molecular complexity index is 448. The van der Waals surface area contributed by atoms with Crippen LogP contribution >= 0.6 is 0 Å². The number of likely N-dealkylation sites (tertiary alicyclic amines) is 1. The molecule has 1 heterocycles. The first-order valence-corrected chi connectivity index (χ1v) is 7.44. The number of amides is 1. The zero-order chi connectivity index (χ0) is 14.4. The van der Waals surface area contributed by atoms with Gasteiger partial charge in [0.25, 0.3) is 0 Å². The second kappa shape index (κ2) is 7.29. The number of carbonyl (C=O) groups is 1. The summed E-state index contributed by atoms with van der Waals surface area (Å²) >= 11 is 0. The van der Waals surface area contributed by atoms with Crippen LogP contribution in [0.1, 0.15) is 31.7 Å². The SMILES string of the molecule is CCOc1ccccc1CCC(=O)N1CCCC(N)C1. The monoisotopic (exact) mass is 276 g/mol. The minimum absolute atomic E-state index is 0.142. The number of aryl methyl sites for hydroxylation is 1. The number of rotatable bonds is 5. The van der Waals surface area contributed by atoms with Crippen molar-refractivity contribution in [1.29, 1.82) is 0 Å². The number of benzene rings is 1. The van der Waals surface area contributed by atoms with E-state index in [4.69, 9.17) is 10.5 Å². The molecule has 1 fully saturated rings. The molecule has 1 aromatic carbocycles. The van der Waals surface area contributed by atoms with Crippen molar-refractivity contribution in [3.8, 4) is 5.75 Å². The normalized spacial score (nSPS) is 18.9. The molecule has 0 spiro atoms. The Hall–Kier alpha value is -1.55. The number of hydrogen-bond acceptors (Lipinski definition) is 3. The van der Waals surface area contributed by atoms with Crippen LogP contribution in [0.15, 0.2) is 24.3 Å². The van der Waals surface area contributed by atoms with Crippen LogP contribution in [-0.2, 0) is 11.2 Å². The highest BCUT2D eigenvalue weighted by molar-refractivity contribution is 5.76. The molecule has 4 heteroatoms. The fourth-order valence-corrected chi connectivity index (χ4v) is 2.64. The molecule has 1 aliphatic heterocycles. The van der Waals surface area contributed by atoms with Gasteiger partial charge >= 0.3 is 0 Å². The number of nitrogens with two attached hydrogens (primary N) is 1. The van der Waals surface area contributed by atoms with Gasteiger partial charge in [0.1, 0.15) is 5.75 Å². The lowest BCUT2D eigenvalue weighted by atomic mass is 10.0. The Labute approximate surface area is 120 Å². The Morgan fingerprint density at radius 1 is 1.45 bits per heavy atom. The average Bonchev–Trinajstić information content (AvgIpc) is 2.46. The Kier molecular flexibility index (Phi) is 5.41. The molecule has 0 bridgehead atoms. The zero-order valence-electron chi connectivity index (χ0n) is 12.2. The largest absolute Gasteiger partial charge is 0.494 e. The molecule has 1 aliphatic rings. The number of nitrogens with zero attached hydrogens (tertiary/aromatic N) is 1. The molecule has 2 rings (SSSR count). The van der Waals surface area contributed by atoms with Gasteiger partial charge in [-0.25, -0.2) is 0 Å². The predicted molar refractivity (Wildman–Crippen MR) is 79.7 cm³/mol. The van der Waals surface area contributed by atoms with Crippen LogP contribution in [0.25, 0.3) is 0 Å². The predicted octanol–water partition coefficient (Wildman–Crippen LogP) is 1.97. The van der Waals surface area contributed by atoms with E-state index in [1.54, 1.807) is 0 Å². The Morgan fingerprint density at radius 2 is 2.25 bits per heavy atom. The van der Waals surface area contributed by atoms with E-state index in [2.05, 4.69) is 0 Å². The highest BCUT2D eigenvalue weighted by atomic mass is 16.5. The summed E-state index contributed by atoms with van der Waals surface area (Å²) in [6.45, 7) is 4.16. The van der Waals surface area contributed by atoms with Crippen LogP contribution in [0.2, 0.25) is 0 Å². The minimum atomic E-state index is 0.142. The Morgan fingerprint density at radius 3 is 3.00 bits per heavy atom. The molecule has 0 saturated carbocycles. The topological polar surface area (TPSA) is 55.6 Å². The molecule has 20 heavy (non-hydrogen) atoms. The summed E-state index contributed by atoms with van der Waals surface area (Å²) in [7, 11) is 0. The lowest BCUT2D eigenvalue weighted by molar-refractivity contribution is -0.132. The molecule has 0 radical (unpaired) electrons. The van der Waals surface area contributed by atoms with Gasteiger partial charge in [0.05, 0.1) is 6.61 Å². The van der Waals surface area contributed by atoms with Crippen LogP contribution in [0, 0.1) is 0 Å². The van der Waals surface area contributed by atoms with Gasteiger partial charge in [-0.15, -0.1) is 0 Å². The number of hydrogen-bond donors (Lipinski definition) is 1. The second-order valence-corrected chi connectivity index (χ2v) is 5.28. The summed E-state index contributed by atoms with van der Waals surface area (Å²) in [6, 6.07) is 8.07. The molecule has 4 nitrogen and oxygen atoms in total. The molecule has 1 amide bonds. The molecule has 1 aromatic rings. The van der Waals surface area contributed by atoms with Crippen molar-refractivity contribution in [3.05, 3.63) is 29.8 Å². The third-order valence-corrected chi connectivity index (χ3v) is 3.69. The average molecular weight is 276 g/mol. The van der Waals surface area contributed by atoms with Gasteiger partial charge in [-0.05, 0) is 37.8 Å². The van der Waals surface area contributed by atoms with E-state index in [0.29, 0.717) is 19.6 Å². The fourth-order valence-electron chi connectivity index (χ4n) is 2.64. The first-order valence-electron chi connectivity index (χ1n) is 7.44. The Balaban J connectivity index is 1.89. The maximum absolute atomic E-state index is 12.2. The summed E-state index contributed by atoms with van der Waals surface area (Å²) in [5.41, 5.74) is 7.02. The van der Waals surface area contributed by atoms with E-state index in [-0.39, 0.29) is 11.9 Å². The number of para-hydroxylation sites is 1. The van der Waals surface area contributed by atoms with Gasteiger partial charge in [0, 0.05) is 25.6 Å². The molecule has 1 atom stereocenters. The quantitative estimate of drug-likeness (QED) is 0.894. The van der Waals surface area contributed by atoms with Gasteiger partial charge in [0.15, 0.2) is 0 Å². The fraction of sp³-hybridized carbons (Fsp3) is 0.562. The maximum Gasteiger partial charge on any atom is 0.222 e. The zero-order valence-corrected chi connectivity index (χ0v) is 12.2. The van der Waals surface area contributed by atoms with Crippen molar-refractivity contribution in [1.82, 2.24) is 4.90 Å². The molecule has 2 N–H and O–H groups in total. The molecular weight excluding hydrogens is 252 g/mol. The van der Waals surface area contributed by atoms with Gasteiger partial charge < -0.3 is 15.4 Å². The summed E-state index contributed by atoms with van der Waals surface area (Å²) in [5.74, 6) is 1.09. The summed E-state index contributed by atoms with van der Waals surface area (Å²) in [6.07, 6.45) is 3.29. The highest BCUT2D eigenvalue weighted by Crippen LogP contribution is 2.20. The second-order valence-electron chi connectivity index (χ2n) is 5.28. The smallest absolute Gasteiger partial charge is 0.222 e. The van der Waals surface area contributed by atoms with E-state index in [9.17, 15) is 4.79 Å². The molecule has 1 saturated heterocycles. The van der Waals surface area contributed by atoms with Gasteiger partial charge in [-0.1, -0.05) is 18.2 Å². The lowest BCUT2D eigenvalue weighted by Crippen LogP contribution is -2.45. The van der Waals surface area contributed by atoms with Crippen molar-refractivity contribution in [2.75, 3.05) is 19.7 Å². The lowest BCUT2D eigenvalue weighted by Gasteiger charge is -2.30.